The van der Waals surface area contributed by atoms with E-state index in [9.17, 15) is 4.39 Å². The molecule has 6 heteroatoms. The van der Waals surface area contributed by atoms with Gasteiger partial charge in [-0.2, -0.15) is 0 Å². The Morgan fingerprint density at radius 1 is 1.26 bits per heavy atom. The van der Waals surface area contributed by atoms with Gasteiger partial charge in [-0.15, -0.1) is 24.0 Å². The van der Waals surface area contributed by atoms with Gasteiger partial charge in [0, 0.05) is 39.8 Å². The minimum Gasteiger partial charge on any atom is -0.370 e. The van der Waals surface area contributed by atoms with Crippen LogP contribution in [0.1, 0.15) is 32.3 Å². The first kappa shape index (κ1) is 20.0. The smallest absolute Gasteiger partial charge is 0.193 e. The Morgan fingerprint density at radius 3 is 2.43 bits per heavy atom. The van der Waals surface area contributed by atoms with Gasteiger partial charge in [-0.3, -0.25) is 4.99 Å². The molecule has 1 aromatic carbocycles. The van der Waals surface area contributed by atoms with Crippen LogP contribution in [0.4, 0.5) is 10.1 Å². The summed E-state index contributed by atoms with van der Waals surface area (Å²) in [6, 6.07) is 5.48. The predicted molar refractivity (Wildman–Crippen MR) is 106 cm³/mol. The summed E-state index contributed by atoms with van der Waals surface area (Å²) in [5.74, 6) is 0.755. The molecule has 1 saturated heterocycles. The van der Waals surface area contributed by atoms with Gasteiger partial charge in [0.05, 0.1) is 5.69 Å². The lowest BCUT2D eigenvalue weighted by Gasteiger charge is -2.23. The van der Waals surface area contributed by atoms with Crippen molar-refractivity contribution in [2.24, 2.45) is 4.99 Å². The fourth-order valence-electron chi connectivity index (χ4n) is 2.92. The van der Waals surface area contributed by atoms with Crippen LogP contribution in [0.5, 0.6) is 0 Å². The van der Waals surface area contributed by atoms with E-state index in [2.05, 4.69) is 15.2 Å². The molecule has 0 unspecified atom stereocenters. The summed E-state index contributed by atoms with van der Waals surface area (Å²) in [6.45, 7) is 8.40. The van der Waals surface area contributed by atoms with Crippen molar-refractivity contribution in [3.63, 3.8) is 0 Å². The van der Waals surface area contributed by atoms with Crippen LogP contribution in [0, 0.1) is 5.82 Å². The lowest BCUT2D eigenvalue weighted by atomic mass is 10.2. The third-order valence-corrected chi connectivity index (χ3v) is 4.18. The Morgan fingerprint density at radius 2 is 1.91 bits per heavy atom. The summed E-state index contributed by atoms with van der Waals surface area (Å²) in [6.07, 6.45) is 2.43. The quantitative estimate of drug-likeness (QED) is 0.438. The van der Waals surface area contributed by atoms with Crippen molar-refractivity contribution in [2.75, 3.05) is 38.1 Å². The van der Waals surface area contributed by atoms with E-state index in [1.165, 1.54) is 12.8 Å². The Balaban J connectivity index is 0.00000264. The summed E-state index contributed by atoms with van der Waals surface area (Å²) in [7, 11) is 1.80. The second-order valence-electron chi connectivity index (χ2n) is 5.55. The molecular formula is C17H28FIN4. The maximum absolute atomic E-state index is 14.3. The Kier molecular flexibility index (Phi) is 8.65. The largest absolute Gasteiger partial charge is 0.370 e. The number of benzene rings is 1. The molecule has 1 fully saturated rings. The normalized spacial score (nSPS) is 14.6. The van der Waals surface area contributed by atoms with E-state index in [-0.39, 0.29) is 29.8 Å². The van der Waals surface area contributed by atoms with E-state index < -0.39 is 0 Å². The minimum atomic E-state index is -0.154. The molecule has 23 heavy (non-hydrogen) atoms. The monoisotopic (exact) mass is 434 g/mol. The van der Waals surface area contributed by atoms with Crippen molar-refractivity contribution in [2.45, 2.75) is 33.2 Å². The van der Waals surface area contributed by atoms with E-state index >= 15 is 0 Å². The highest BCUT2D eigenvalue weighted by Gasteiger charge is 2.15. The Labute approximate surface area is 156 Å². The number of likely N-dealkylation sites (tertiary alicyclic amines) is 1. The van der Waals surface area contributed by atoms with Crippen molar-refractivity contribution in [1.29, 1.82) is 0 Å². The van der Waals surface area contributed by atoms with Gasteiger partial charge in [0.15, 0.2) is 5.96 Å². The molecule has 1 aliphatic heterocycles. The fraction of sp³-hybridized carbons (Fsp3) is 0.588. The van der Waals surface area contributed by atoms with Crippen LogP contribution >= 0.6 is 24.0 Å². The summed E-state index contributed by atoms with van der Waals surface area (Å²) in [4.78, 5) is 8.58. The van der Waals surface area contributed by atoms with Gasteiger partial charge in [0.25, 0.3) is 0 Å². The molecule has 0 saturated carbocycles. The lowest BCUT2D eigenvalue weighted by molar-refractivity contribution is 0.493. The molecule has 4 nitrogen and oxygen atoms in total. The summed E-state index contributed by atoms with van der Waals surface area (Å²) >= 11 is 0. The maximum Gasteiger partial charge on any atom is 0.193 e. The Hall–Kier alpha value is -1.05. The minimum absolute atomic E-state index is 0. The lowest BCUT2D eigenvalue weighted by Crippen LogP contribution is -2.39. The highest BCUT2D eigenvalue weighted by atomic mass is 127. The molecule has 0 aliphatic carbocycles. The van der Waals surface area contributed by atoms with Crippen molar-refractivity contribution in [1.82, 2.24) is 10.2 Å². The molecule has 130 valence electrons. The number of anilines is 1. The van der Waals surface area contributed by atoms with Gasteiger partial charge in [-0.25, -0.2) is 4.39 Å². The van der Waals surface area contributed by atoms with Crippen LogP contribution in [0.3, 0.4) is 0 Å². The van der Waals surface area contributed by atoms with Crippen LogP contribution in [0.25, 0.3) is 0 Å². The van der Waals surface area contributed by atoms with E-state index in [0.29, 0.717) is 12.2 Å². The van der Waals surface area contributed by atoms with Crippen molar-refractivity contribution >= 4 is 35.6 Å². The number of guanidine groups is 1. The number of hydrogen-bond acceptors (Lipinski definition) is 2. The fourth-order valence-corrected chi connectivity index (χ4v) is 2.92. The van der Waals surface area contributed by atoms with Gasteiger partial charge in [-0.05, 0) is 44.4 Å². The number of nitrogens with zero attached hydrogens (tertiary/aromatic N) is 3. The van der Waals surface area contributed by atoms with Crippen LogP contribution < -0.4 is 10.2 Å². The van der Waals surface area contributed by atoms with Gasteiger partial charge < -0.3 is 15.1 Å². The molecule has 0 spiro atoms. The van der Waals surface area contributed by atoms with E-state index in [0.717, 1.165) is 37.7 Å². The number of halogens is 2. The first-order valence-corrected chi connectivity index (χ1v) is 8.18. The van der Waals surface area contributed by atoms with Crippen LogP contribution in [0.15, 0.2) is 23.2 Å². The molecule has 1 heterocycles. The van der Waals surface area contributed by atoms with Gasteiger partial charge >= 0.3 is 0 Å². The predicted octanol–water partition coefficient (Wildman–Crippen LogP) is 3.46. The highest BCUT2D eigenvalue weighted by molar-refractivity contribution is 14.0. The van der Waals surface area contributed by atoms with E-state index in [4.69, 9.17) is 0 Å². The SMILES string of the molecule is CCN(CC)c1ccc(CNC(=NC)N2CCCC2)cc1F.I. The van der Waals surface area contributed by atoms with Crippen LogP contribution in [-0.2, 0) is 6.54 Å². The third kappa shape index (κ3) is 5.22. The first-order valence-electron chi connectivity index (χ1n) is 8.18. The van der Waals surface area contributed by atoms with Gasteiger partial charge in [-0.1, -0.05) is 6.07 Å². The maximum atomic E-state index is 14.3. The van der Waals surface area contributed by atoms with E-state index in [1.54, 1.807) is 13.1 Å². The van der Waals surface area contributed by atoms with Crippen LogP contribution in [0.2, 0.25) is 0 Å². The number of aliphatic imine (C=N–C) groups is 1. The van der Waals surface area contributed by atoms with Crippen LogP contribution in [-0.4, -0.2) is 44.1 Å². The molecular weight excluding hydrogens is 406 g/mol. The second-order valence-corrected chi connectivity index (χ2v) is 5.55. The molecule has 0 amide bonds. The Bertz CT molecular complexity index is 511. The summed E-state index contributed by atoms with van der Waals surface area (Å²) < 4.78 is 14.3. The first-order chi connectivity index (χ1) is 10.7. The van der Waals surface area contributed by atoms with E-state index in [1.807, 2.05) is 30.9 Å². The molecule has 1 N–H and O–H groups in total. The number of hydrogen-bond donors (Lipinski definition) is 1. The molecule has 1 aliphatic rings. The molecule has 0 radical (unpaired) electrons. The summed E-state index contributed by atoms with van der Waals surface area (Å²) in [5.41, 5.74) is 1.62. The number of rotatable bonds is 5. The highest BCUT2D eigenvalue weighted by Crippen LogP contribution is 2.20. The molecule has 1 aromatic rings. The van der Waals surface area contributed by atoms with Gasteiger partial charge in [0.2, 0.25) is 0 Å². The van der Waals surface area contributed by atoms with Crippen molar-refractivity contribution in [3.8, 4) is 0 Å². The standard InChI is InChI=1S/C17H27FN4.HI/c1-4-21(5-2)16-9-8-14(12-15(16)18)13-20-17(19-3)22-10-6-7-11-22;/h8-9,12H,4-7,10-11,13H2,1-3H3,(H,19,20);1H. The zero-order valence-electron chi connectivity index (χ0n) is 14.3. The molecule has 0 aromatic heterocycles. The van der Waals surface area contributed by atoms with Gasteiger partial charge in [0.1, 0.15) is 5.82 Å². The second kappa shape index (κ2) is 9.95. The third-order valence-electron chi connectivity index (χ3n) is 4.18. The van der Waals surface area contributed by atoms with Crippen molar-refractivity contribution in [3.05, 3.63) is 29.6 Å². The average molecular weight is 434 g/mol. The summed E-state index contributed by atoms with van der Waals surface area (Å²) in [5, 5.41) is 3.33. The molecule has 2 rings (SSSR count). The topological polar surface area (TPSA) is 30.9 Å². The zero-order valence-corrected chi connectivity index (χ0v) is 16.6. The zero-order chi connectivity index (χ0) is 15.9. The number of nitrogens with one attached hydrogen (secondary N) is 1. The molecule has 0 atom stereocenters. The molecule has 0 bridgehead atoms. The van der Waals surface area contributed by atoms with Crippen molar-refractivity contribution < 1.29 is 4.39 Å². The average Bonchev–Trinajstić information content (AvgIpc) is 3.05.